The Labute approximate surface area is 117 Å². The van der Waals surface area contributed by atoms with E-state index in [1.807, 2.05) is 0 Å². The SMILES string of the molecule is CCC1CC(CN)(NC2CCCCC2CO)CCO1. The van der Waals surface area contributed by atoms with Gasteiger partial charge in [0.1, 0.15) is 0 Å². The van der Waals surface area contributed by atoms with Crippen LogP contribution < -0.4 is 11.1 Å². The average molecular weight is 270 g/mol. The Bertz CT molecular complexity index is 275. The molecule has 0 amide bonds. The number of hydrogen-bond donors (Lipinski definition) is 3. The minimum atomic E-state index is 0.0222. The lowest BCUT2D eigenvalue weighted by molar-refractivity contribution is -0.0357. The van der Waals surface area contributed by atoms with Crippen molar-refractivity contribution in [1.82, 2.24) is 5.32 Å². The second-order valence-electron chi connectivity index (χ2n) is 6.32. The molecule has 19 heavy (non-hydrogen) atoms. The number of ether oxygens (including phenoxy) is 1. The Kier molecular flexibility index (Phi) is 5.63. The van der Waals surface area contributed by atoms with Crippen LogP contribution in [0.2, 0.25) is 0 Å². The van der Waals surface area contributed by atoms with Crippen molar-refractivity contribution in [3.8, 4) is 0 Å². The zero-order valence-electron chi connectivity index (χ0n) is 12.2. The van der Waals surface area contributed by atoms with Crippen LogP contribution >= 0.6 is 0 Å². The molecule has 2 rings (SSSR count). The van der Waals surface area contributed by atoms with Gasteiger partial charge in [0.25, 0.3) is 0 Å². The van der Waals surface area contributed by atoms with Crippen molar-refractivity contribution < 1.29 is 9.84 Å². The lowest BCUT2D eigenvalue weighted by atomic mass is 9.80. The summed E-state index contributed by atoms with van der Waals surface area (Å²) < 4.78 is 5.78. The van der Waals surface area contributed by atoms with Gasteiger partial charge >= 0.3 is 0 Å². The van der Waals surface area contributed by atoms with Gasteiger partial charge in [-0.05, 0) is 38.0 Å². The van der Waals surface area contributed by atoms with Crippen molar-refractivity contribution in [3.63, 3.8) is 0 Å². The number of nitrogens with two attached hydrogens (primary N) is 1. The van der Waals surface area contributed by atoms with Gasteiger partial charge in [-0.2, -0.15) is 0 Å². The van der Waals surface area contributed by atoms with Gasteiger partial charge in [0.15, 0.2) is 0 Å². The van der Waals surface area contributed by atoms with Gasteiger partial charge in [0.05, 0.1) is 6.10 Å². The summed E-state index contributed by atoms with van der Waals surface area (Å²) in [6.45, 7) is 3.95. The van der Waals surface area contributed by atoms with Crippen LogP contribution in [0.4, 0.5) is 0 Å². The highest BCUT2D eigenvalue weighted by molar-refractivity contribution is 4.98. The largest absolute Gasteiger partial charge is 0.396 e. The Morgan fingerprint density at radius 3 is 2.84 bits per heavy atom. The third kappa shape index (κ3) is 3.69. The molecule has 0 spiro atoms. The molecule has 4 N–H and O–H groups in total. The second-order valence-corrected chi connectivity index (χ2v) is 6.32. The standard InChI is InChI=1S/C15H30N2O2/c1-2-13-9-15(11-16,7-8-19-13)17-14-6-4-3-5-12(14)10-18/h12-14,17-18H,2-11,16H2,1H3. The van der Waals surface area contributed by atoms with E-state index in [-0.39, 0.29) is 5.54 Å². The number of aliphatic hydroxyl groups is 1. The molecule has 0 bridgehead atoms. The fourth-order valence-corrected chi connectivity index (χ4v) is 3.66. The summed E-state index contributed by atoms with van der Waals surface area (Å²) in [5.74, 6) is 0.403. The summed E-state index contributed by atoms with van der Waals surface area (Å²) in [7, 11) is 0. The molecule has 1 saturated carbocycles. The van der Waals surface area contributed by atoms with Gasteiger partial charge in [0, 0.05) is 31.3 Å². The molecule has 0 aromatic heterocycles. The lowest BCUT2D eigenvalue weighted by Gasteiger charge is -2.45. The van der Waals surface area contributed by atoms with E-state index in [1.54, 1.807) is 0 Å². The predicted octanol–water partition coefficient (Wildman–Crippen LogP) is 1.41. The summed E-state index contributed by atoms with van der Waals surface area (Å²) in [5, 5.41) is 13.4. The van der Waals surface area contributed by atoms with Crippen LogP contribution in [0.3, 0.4) is 0 Å². The van der Waals surface area contributed by atoms with Crippen molar-refractivity contribution in [2.45, 2.75) is 69.6 Å². The first kappa shape index (κ1) is 15.2. The van der Waals surface area contributed by atoms with Crippen LogP contribution in [-0.2, 0) is 4.74 Å². The van der Waals surface area contributed by atoms with Crippen LogP contribution in [-0.4, -0.2) is 42.5 Å². The van der Waals surface area contributed by atoms with Gasteiger partial charge in [0.2, 0.25) is 0 Å². The van der Waals surface area contributed by atoms with E-state index < -0.39 is 0 Å². The molecular formula is C15H30N2O2. The van der Waals surface area contributed by atoms with Crippen LogP contribution in [0.1, 0.15) is 51.9 Å². The topological polar surface area (TPSA) is 67.5 Å². The molecule has 1 aliphatic carbocycles. The molecule has 2 fully saturated rings. The minimum Gasteiger partial charge on any atom is -0.396 e. The maximum absolute atomic E-state index is 9.55. The van der Waals surface area contributed by atoms with Gasteiger partial charge in [-0.15, -0.1) is 0 Å². The Morgan fingerprint density at radius 2 is 2.16 bits per heavy atom. The Morgan fingerprint density at radius 1 is 1.37 bits per heavy atom. The molecule has 1 aliphatic heterocycles. The van der Waals surface area contributed by atoms with Crippen molar-refractivity contribution in [2.75, 3.05) is 19.8 Å². The molecule has 1 heterocycles. The molecule has 0 radical (unpaired) electrons. The Hall–Kier alpha value is -0.160. The first-order valence-corrected chi connectivity index (χ1v) is 7.93. The number of hydrogen-bond acceptors (Lipinski definition) is 4. The molecule has 0 aromatic carbocycles. The van der Waals surface area contributed by atoms with Crippen LogP contribution in [0.15, 0.2) is 0 Å². The molecule has 4 atom stereocenters. The van der Waals surface area contributed by atoms with Crippen molar-refractivity contribution in [1.29, 1.82) is 0 Å². The van der Waals surface area contributed by atoms with Crippen LogP contribution in [0.25, 0.3) is 0 Å². The van der Waals surface area contributed by atoms with Gasteiger partial charge < -0.3 is 20.9 Å². The Balaban J connectivity index is 2.00. The highest BCUT2D eigenvalue weighted by Gasteiger charge is 2.38. The molecule has 1 saturated heterocycles. The molecule has 0 aromatic rings. The minimum absolute atomic E-state index is 0.0222. The third-order valence-electron chi connectivity index (χ3n) is 5.03. The average Bonchev–Trinajstić information content (AvgIpc) is 2.48. The first-order valence-electron chi connectivity index (χ1n) is 7.93. The fourth-order valence-electron chi connectivity index (χ4n) is 3.66. The number of rotatable bonds is 5. The third-order valence-corrected chi connectivity index (χ3v) is 5.03. The van der Waals surface area contributed by atoms with E-state index in [0.29, 0.717) is 31.2 Å². The number of aliphatic hydroxyl groups excluding tert-OH is 1. The van der Waals surface area contributed by atoms with E-state index >= 15 is 0 Å². The molecule has 4 unspecified atom stereocenters. The molecule has 4 nitrogen and oxygen atoms in total. The molecular weight excluding hydrogens is 240 g/mol. The molecule has 2 aliphatic rings. The normalized spacial score (nSPS) is 40.3. The predicted molar refractivity (Wildman–Crippen MR) is 77.0 cm³/mol. The fraction of sp³-hybridized carbons (Fsp3) is 1.00. The van der Waals surface area contributed by atoms with Gasteiger partial charge in [-0.1, -0.05) is 19.8 Å². The van der Waals surface area contributed by atoms with Crippen molar-refractivity contribution >= 4 is 0 Å². The zero-order valence-corrected chi connectivity index (χ0v) is 12.2. The molecule has 4 heteroatoms. The summed E-state index contributed by atoms with van der Waals surface area (Å²) in [6, 6.07) is 0.429. The smallest absolute Gasteiger partial charge is 0.0590 e. The van der Waals surface area contributed by atoms with Crippen LogP contribution in [0.5, 0.6) is 0 Å². The number of nitrogens with one attached hydrogen (secondary N) is 1. The second kappa shape index (κ2) is 7.02. The van der Waals surface area contributed by atoms with E-state index in [9.17, 15) is 5.11 Å². The summed E-state index contributed by atoms with van der Waals surface area (Å²) in [6.07, 6.45) is 8.22. The molecule has 112 valence electrons. The van der Waals surface area contributed by atoms with Gasteiger partial charge in [-0.25, -0.2) is 0 Å². The van der Waals surface area contributed by atoms with Crippen molar-refractivity contribution in [2.24, 2.45) is 11.7 Å². The summed E-state index contributed by atoms with van der Waals surface area (Å²) in [4.78, 5) is 0. The first-order chi connectivity index (χ1) is 9.23. The summed E-state index contributed by atoms with van der Waals surface area (Å²) >= 11 is 0. The maximum atomic E-state index is 9.55. The van der Waals surface area contributed by atoms with E-state index in [0.717, 1.165) is 32.3 Å². The van der Waals surface area contributed by atoms with Gasteiger partial charge in [-0.3, -0.25) is 0 Å². The van der Waals surface area contributed by atoms with E-state index in [2.05, 4.69) is 12.2 Å². The highest BCUT2D eigenvalue weighted by Crippen LogP contribution is 2.31. The van der Waals surface area contributed by atoms with Crippen LogP contribution in [0, 0.1) is 5.92 Å². The highest BCUT2D eigenvalue weighted by atomic mass is 16.5. The summed E-state index contributed by atoms with van der Waals surface area (Å²) in [5.41, 5.74) is 6.10. The maximum Gasteiger partial charge on any atom is 0.0590 e. The van der Waals surface area contributed by atoms with E-state index in [1.165, 1.54) is 19.3 Å². The quantitative estimate of drug-likeness (QED) is 0.707. The van der Waals surface area contributed by atoms with Crippen molar-refractivity contribution in [3.05, 3.63) is 0 Å². The van der Waals surface area contributed by atoms with E-state index in [4.69, 9.17) is 10.5 Å². The zero-order chi connectivity index (χ0) is 13.7. The monoisotopic (exact) mass is 270 g/mol. The lowest BCUT2D eigenvalue weighted by Crippen LogP contribution is -2.61.